The third kappa shape index (κ3) is 45.5. The average Bonchev–Trinajstić information content (AvgIpc) is 3.21. The van der Waals surface area contributed by atoms with Crippen molar-refractivity contribution < 1.29 is 28.6 Å². The highest BCUT2D eigenvalue weighted by molar-refractivity contribution is 5.71. The molecule has 344 valence electrons. The van der Waals surface area contributed by atoms with Crippen LogP contribution in [0, 0.1) is 5.92 Å². The smallest absolute Gasteiger partial charge is 0.306 e. The number of hydrogen-bond donors (Lipinski definition) is 0. The van der Waals surface area contributed by atoms with Crippen molar-refractivity contribution in [3.63, 3.8) is 0 Å². The number of ether oxygens (including phenoxy) is 3. The summed E-state index contributed by atoms with van der Waals surface area (Å²) in [4.78, 5) is 37.9. The van der Waals surface area contributed by atoms with Gasteiger partial charge in [0, 0.05) is 19.3 Å². The number of carbonyl (C=O) groups excluding carboxylic acids is 3. The molecular weight excluding hydrogens is 721 g/mol. The van der Waals surface area contributed by atoms with E-state index in [9.17, 15) is 14.4 Å². The first-order chi connectivity index (χ1) is 28.4. The van der Waals surface area contributed by atoms with E-state index in [1.165, 1.54) is 186 Å². The molecule has 0 heterocycles. The van der Waals surface area contributed by atoms with Crippen LogP contribution in [0.4, 0.5) is 0 Å². The van der Waals surface area contributed by atoms with Crippen LogP contribution in [-0.4, -0.2) is 37.2 Å². The molecule has 6 nitrogen and oxygen atoms in total. The average molecular weight is 821 g/mol. The van der Waals surface area contributed by atoms with Crippen molar-refractivity contribution in [3.8, 4) is 0 Å². The maximum absolute atomic E-state index is 12.8. The fourth-order valence-electron chi connectivity index (χ4n) is 7.86. The minimum atomic E-state index is -0.761. The molecule has 0 saturated heterocycles. The molecule has 0 amide bonds. The topological polar surface area (TPSA) is 78.9 Å². The van der Waals surface area contributed by atoms with E-state index >= 15 is 0 Å². The minimum Gasteiger partial charge on any atom is -0.462 e. The molecule has 0 bridgehead atoms. The molecule has 0 rings (SSSR count). The highest BCUT2D eigenvalue weighted by Gasteiger charge is 2.19. The Hall–Kier alpha value is -1.59. The van der Waals surface area contributed by atoms with E-state index < -0.39 is 6.10 Å². The van der Waals surface area contributed by atoms with Crippen LogP contribution in [0.3, 0.4) is 0 Å². The van der Waals surface area contributed by atoms with Gasteiger partial charge in [-0.15, -0.1) is 0 Å². The second kappa shape index (κ2) is 46.5. The molecule has 0 unspecified atom stereocenters. The first-order valence-corrected chi connectivity index (χ1v) is 25.9. The van der Waals surface area contributed by atoms with Gasteiger partial charge in [-0.1, -0.05) is 252 Å². The van der Waals surface area contributed by atoms with Gasteiger partial charge in [0.25, 0.3) is 0 Å². The van der Waals surface area contributed by atoms with E-state index in [1.807, 2.05) is 0 Å². The van der Waals surface area contributed by atoms with Crippen LogP contribution in [0.15, 0.2) is 0 Å². The molecule has 1 atom stereocenters. The molecular formula is C52H100O6. The van der Waals surface area contributed by atoms with Gasteiger partial charge in [0.2, 0.25) is 0 Å². The van der Waals surface area contributed by atoms with Crippen molar-refractivity contribution in [1.82, 2.24) is 0 Å². The lowest BCUT2D eigenvalue weighted by molar-refractivity contribution is -0.167. The molecule has 0 aromatic rings. The van der Waals surface area contributed by atoms with Gasteiger partial charge >= 0.3 is 17.9 Å². The quantitative estimate of drug-likeness (QED) is 0.0346. The molecule has 0 aromatic heterocycles. The van der Waals surface area contributed by atoms with Gasteiger partial charge in [0.05, 0.1) is 0 Å². The summed E-state index contributed by atoms with van der Waals surface area (Å²) in [5.41, 5.74) is 0. The van der Waals surface area contributed by atoms with E-state index in [1.54, 1.807) is 0 Å². The second-order valence-electron chi connectivity index (χ2n) is 18.3. The summed E-state index contributed by atoms with van der Waals surface area (Å²) in [5.74, 6) is -0.0860. The van der Waals surface area contributed by atoms with Crippen molar-refractivity contribution in [1.29, 1.82) is 0 Å². The van der Waals surface area contributed by atoms with Crippen molar-refractivity contribution in [2.24, 2.45) is 5.92 Å². The molecule has 0 aromatic carbocycles. The van der Waals surface area contributed by atoms with Crippen molar-refractivity contribution in [2.45, 2.75) is 297 Å². The van der Waals surface area contributed by atoms with Gasteiger partial charge in [0.1, 0.15) is 13.2 Å². The Morgan fingerprint density at radius 2 is 0.569 bits per heavy atom. The molecule has 0 aliphatic rings. The molecule has 6 heteroatoms. The first kappa shape index (κ1) is 56.4. The van der Waals surface area contributed by atoms with Crippen LogP contribution in [0.1, 0.15) is 291 Å². The van der Waals surface area contributed by atoms with E-state index in [0.29, 0.717) is 19.3 Å². The lowest BCUT2D eigenvalue weighted by atomic mass is 10.0. The Balaban J connectivity index is 4.26. The van der Waals surface area contributed by atoms with Crippen LogP contribution in [-0.2, 0) is 28.6 Å². The normalized spacial score (nSPS) is 11.9. The number of hydrogen-bond acceptors (Lipinski definition) is 6. The minimum absolute atomic E-state index is 0.0636. The predicted molar refractivity (Wildman–Crippen MR) is 247 cm³/mol. The molecule has 0 aliphatic carbocycles. The Morgan fingerprint density at radius 3 is 0.845 bits per heavy atom. The van der Waals surface area contributed by atoms with E-state index in [0.717, 1.165) is 63.7 Å². The summed E-state index contributed by atoms with van der Waals surface area (Å²) in [6, 6.07) is 0. The molecule has 0 N–H and O–H groups in total. The summed E-state index contributed by atoms with van der Waals surface area (Å²) in [7, 11) is 0. The molecule has 0 radical (unpaired) electrons. The van der Waals surface area contributed by atoms with E-state index in [2.05, 4.69) is 27.7 Å². The monoisotopic (exact) mass is 821 g/mol. The highest BCUT2D eigenvalue weighted by Crippen LogP contribution is 2.17. The van der Waals surface area contributed by atoms with Gasteiger partial charge in [-0.2, -0.15) is 0 Å². The van der Waals surface area contributed by atoms with E-state index in [-0.39, 0.29) is 31.1 Å². The van der Waals surface area contributed by atoms with Gasteiger partial charge < -0.3 is 14.2 Å². The predicted octanol–water partition coefficient (Wildman–Crippen LogP) is 16.7. The van der Waals surface area contributed by atoms with Crippen LogP contribution in [0.25, 0.3) is 0 Å². The Kier molecular flexibility index (Phi) is 45.2. The third-order valence-corrected chi connectivity index (χ3v) is 11.8. The lowest BCUT2D eigenvalue weighted by Gasteiger charge is -2.18. The Morgan fingerprint density at radius 1 is 0.328 bits per heavy atom. The zero-order valence-electron chi connectivity index (χ0n) is 39.5. The summed E-state index contributed by atoms with van der Waals surface area (Å²) < 4.78 is 16.8. The highest BCUT2D eigenvalue weighted by atomic mass is 16.6. The van der Waals surface area contributed by atoms with Crippen molar-refractivity contribution in [3.05, 3.63) is 0 Å². The van der Waals surface area contributed by atoms with Gasteiger partial charge in [-0.25, -0.2) is 0 Å². The van der Waals surface area contributed by atoms with Crippen molar-refractivity contribution >= 4 is 17.9 Å². The molecule has 0 spiro atoms. The number of carbonyl (C=O) groups is 3. The maximum Gasteiger partial charge on any atom is 0.306 e. The number of esters is 3. The first-order valence-electron chi connectivity index (χ1n) is 25.9. The van der Waals surface area contributed by atoms with Crippen molar-refractivity contribution in [2.75, 3.05) is 13.2 Å². The number of unbranched alkanes of at least 4 members (excludes halogenated alkanes) is 34. The molecule has 0 fully saturated rings. The zero-order valence-corrected chi connectivity index (χ0v) is 39.5. The Labute approximate surface area is 361 Å². The summed E-state index contributed by atoms with van der Waals surface area (Å²) in [6.45, 7) is 8.96. The fourth-order valence-corrected chi connectivity index (χ4v) is 7.86. The summed E-state index contributed by atoms with van der Waals surface area (Å²) in [5, 5.41) is 0. The second-order valence-corrected chi connectivity index (χ2v) is 18.3. The van der Waals surface area contributed by atoms with Crippen LogP contribution >= 0.6 is 0 Å². The molecule has 0 aliphatic heterocycles. The largest absolute Gasteiger partial charge is 0.462 e. The maximum atomic E-state index is 12.8. The number of rotatable bonds is 47. The summed E-state index contributed by atoms with van der Waals surface area (Å²) in [6.07, 6.45) is 48.2. The summed E-state index contributed by atoms with van der Waals surface area (Å²) >= 11 is 0. The Bertz CT molecular complexity index is 872. The van der Waals surface area contributed by atoms with Gasteiger partial charge in [-0.05, 0) is 25.2 Å². The SMILES string of the molecule is CCCCCCCCCCCCCCCCCCCC(=O)O[C@@H](COC(=O)CCCCCCCCCCCCCCCC)COC(=O)CCCCCCCCC(C)C. The lowest BCUT2D eigenvalue weighted by Crippen LogP contribution is -2.30. The standard InChI is InChI=1S/C52H100O6/c1-5-7-9-11-13-15-17-19-21-22-23-25-27-29-31-37-41-45-52(55)58-49(47-57-51(54)44-40-36-33-32-34-38-42-48(3)4)46-56-50(53)43-39-35-30-28-26-24-20-18-16-14-12-10-8-6-2/h48-49H,5-47H2,1-4H3/t49-/m0/s1. The van der Waals surface area contributed by atoms with E-state index in [4.69, 9.17) is 14.2 Å². The van der Waals surface area contributed by atoms with Crippen LogP contribution in [0.2, 0.25) is 0 Å². The van der Waals surface area contributed by atoms with Crippen LogP contribution in [0.5, 0.6) is 0 Å². The third-order valence-electron chi connectivity index (χ3n) is 11.8. The van der Waals surface area contributed by atoms with Crippen LogP contribution < -0.4 is 0 Å². The molecule has 0 saturated carbocycles. The van der Waals surface area contributed by atoms with Gasteiger partial charge in [0.15, 0.2) is 6.10 Å². The van der Waals surface area contributed by atoms with Gasteiger partial charge in [-0.3, -0.25) is 14.4 Å². The molecule has 58 heavy (non-hydrogen) atoms. The zero-order chi connectivity index (χ0) is 42.4. The fraction of sp³-hybridized carbons (Fsp3) is 0.942.